The molecule has 0 aliphatic heterocycles. The van der Waals surface area contributed by atoms with E-state index >= 15 is 0 Å². The van der Waals surface area contributed by atoms with E-state index in [0.717, 1.165) is 35.0 Å². The summed E-state index contributed by atoms with van der Waals surface area (Å²) in [5.74, 6) is 2.48. The molecule has 0 saturated heterocycles. The fourth-order valence-electron chi connectivity index (χ4n) is 4.17. The molecular formula is C20H22N2O3. The minimum atomic E-state index is -0.485. The number of benzene rings is 1. The summed E-state index contributed by atoms with van der Waals surface area (Å²) in [5.41, 5.74) is 7.50. The van der Waals surface area contributed by atoms with Crippen molar-refractivity contribution >= 4 is 5.91 Å². The number of primary amides is 1. The smallest absolute Gasteiger partial charge is 0.250 e. The number of nitrogens with zero attached hydrogens (tertiary/aromatic N) is 1. The van der Waals surface area contributed by atoms with Crippen LogP contribution < -0.4 is 15.2 Å². The van der Waals surface area contributed by atoms with Crippen LogP contribution in [0, 0.1) is 11.8 Å². The number of carbonyl (C=O) groups excluding carboxylic acids is 1. The summed E-state index contributed by atoms with van der Waals surface area (Å²) in [6.07, 6.45) is 8.50. The number of ether oxygens (including phenoxy) is 2. The second-order valence-corrected chi connectivity index (χ2v) is 7.02. The lowest BCUT2D eigenvalue weighted by Gasteiger charge is -2.24. The van der Waals surface area contributed by atoms with Crippen LogP contribution >= 0.6 is 0 Å². The van der Waals surface area contributed by atoms with Crippen molar-refractivity contribution in [3.63, 3.8) is 0 Å². The molecular weight excluding hydrogens is 316 g/mol. The van der Waals surface area contributed by atoms with Gasteiger partial charge in [0.05, 0.1) is 12.7 Å². The highest BCUT2D eigenvalue weighted by molar-refractivity contribution is 5.93. The van der Waals surface area contributed by atoms with Gasteiger partial charge >= 0.3 is 0 Å². The quantitative estimate of drug-likeness (QED) is 0.906. The van der Waals surface area contributed by atoms with Gasteiger partial charge in [-0.15, -0.1) is 0 Å². The molecule has 1 amide bonds. The van der Waals surface area contributed by atoms with Crippen LogP contribution in [0.15, 0.2) is 36.7 Å². The van der Waals surface area contributed by atoms with Crippen LogP contribution in [0.1, 0.15) is 36.0 Å². The number of hydrogen-bond donors (Lipinski definition) is 1. The van der Waals surface area contributed by atoms with Crippen LogP contribution in [0.4, 0.5) is 0 Å². The van der Waals surface area contributed by atoms with Crippen molar-refractivity contribution in [1.82, 2.24) is 4.98 Å². The Morgan fingerprint density at radius 1 is 1.12 bits per heavy atom. The maximum atomic E-state index is 11.4. The summed E-state index contributed by atoms with van der Waals surface area (Å²) in [4.78, 5) is 15.5. The van der Waals surface area contributed by atoms with E-state index in [1.807, 2.05) is 18.2 Å². The fraction of sp³-hybridized carbons (Fsp3) is 0.400. The number of methoxy groups -OCH3 is 1. The lowest BCUT2D eigenvalue weighted by molar-refractivity contribution is 0.1000. The Morgan fingerprint density at radius 3 is 2.68 bits per heavy atom. The molecule has 1 aromatic carbocycles. The summed E-state index contributed by atoms with van der Waals surface area (Å²) < 4.78 is 11.8. The second kappa shape index (κ2) is 6.39. The zero-order valence-corrected chi connectivity index (χ0v) is 14.3. The first-order chi connectivity index (χ1) is 12.1. The van der Waals surface area contributed by atoms with Gasteiger partial charge in [0.15, 0.2) is 11.5 Å². The topological polar surface area (TPSA) is 74.4 Å². The van der Waals surface area contributed by atoms with Crippen molar-refractivity contribution in [2.45, 2.75) is 31.8 Å². The van der Waals surface area contributed by atoms with Gasteiger partial charge < -0.3 is 15.2 Å². The van der Waals surface area contributed by atoms with E-state index in [-0.39, 0.29) is 6.10 Å². The molecule has 2 aromatic rings. The Morgan fingerprint density at radius 2 is 2.00 bits per heavy atom. The molecule has 2 aliphatic carbocycles. The lowest BCUT2D eigenvalue weighted by Crippen LogP contribution is -2.23. The molecule has 4 rings (SSSR count). The minimum absolute atomic E-state index is 0.276. The van der Waals surface area contributed by atoms with Crippen LogP contribution in [0.2, 0.25) is 0 Å². The van der Waals surface area contributed by atoms with Crippen molar-refractivity contribution in [1.29, 1.82) is 0 Å². The van der Waals surface area contributed by atoms with Crippen LogP contribution in [-0.4, -0.2) is 24.1 Å². The summed E-state index contributed by atoms with van der Waals surface area (Å²) in [6, 6.07) is 7.55. The van der Waals surface area contributed by atoms with Crippen molar-refractivity contribution < 1.29 is 14.3 Å². The number of hydrogen-bond acceptors (Lipinski definition) is 4. The van der Waals surface area contributed by atoms with Gasteiger partial charge in [0, 0.05) is 18.0 Å². The molecule has 5 heteroatoms. The first kappa shape index (κ1) is 15.9. The molecule has 5 nitrogen and oxygen atoms in total. The number of pyridine rings is 1. The van der Waals surface area contributed by atoms with Gasteiger partial charge in [-0.05, 0) is 61.3 Å². The number of aromatic nitrogens is 1. The minimum Gasteiger partial charge on any atom is -0.493 e. The monoisotopic (exact) mass is 338 g/mol. The number of carbonyl (C=O) groups is 1. The van der Waals surface area contributed by atoms with Crippen molar-refractivity contribution in [3.05, 3.63) is 42.2 Å². The zero-order valence-electron chi connectivity index (χ0n) is 14.3. The van der Waals surface area contributed by atoms with E-state index in [1.54, 1.807) is 19.4 Å². The third-order valence-corrected chi connectivity index (χ3v) is 5.47. The molecule has 2 saturated carbocycles. The number of fused-ring (bicyclic) bond motifs is 2. The van der Waals surface area contributed by atoms with Crippen molar-refractivity contribution in [2.75, 3.05) is 7.11 Å². The molecule has 3 unspecified atom stereocenters. The normalized spacial score (nSPS) is 24.3. The SMILES string of the molecule is COc1ccc(-c2cncc(C(N)=O)c2)cc1OC1CC2CCC1C2. The highest BCUT2D eigenvalue weighted by atomic mass is 16.5. The summed E-state index contributed by atoms with van der Waals surface area (Å²) in [7, 11) is 1.65. The first-order valence-electron chi connectivity index (χ1n) is 8.74. The van der Waals surface area contributed by atoms with Crippen LogP contribution in [0.5, 0.6) is 11.5 Å². The lowest BCUT2D eigenvalue weighted by atomic mass is 9.97. The number of nitrogens with two attached hydrogens (primary N) is 1. The van der Waals surface area contributed by atoms with Gasteiger partial charge in [0.2, 0.25) is 5.91 Å². The Hall–Kier alpha value is -2.56. The molecule has 2 bridgehead atoms. The molecule has 0 radical (unpaired) electrons. The van der Waals surface area contributed by atoms with E-state index in [4.69, 9.17) is 15.2 Å². The second-order valence-electron chi connectivity index (χ2n) is 7.02. The molecule has 1 aromatic heterocycles. The molecule has 25 heavy (non-hydrogen) atoms. The maximum absolute atomic E-state index is 11.4. The zero-order chi connectivity index (χ0) is 17.4. The standard InChI is InChI=1S/C20H22N2O3/c1-24-17-5-4-13(15-8-16(20(21)23)11-22-10-15)9-19(17)25-18-7-12-2-3-14(18)6-12/h4-5,8-12,14,18H,2-3,6-7H2,1H3,(H2,21,23). The van der Waals surface area contributed by atoms with Gasteiger partial charge in [-0.3, -0.25) is 9.78 Å². The van der Waals surface area contributed by atoms with Crippen molar-refractivity contribution in [3.8, 4) is 22.6 Å². The molecule has 3 atom stereocenters. The molecule has 0 spiro atoms. The van der Waals surface area contributed by atoms with Gasteiger partial charge in [-0.1, -0.05) is 6.07 Å². The highest BCUT2D eigenvalue weighted by Gasteiger charge is 2.41. The third-order valence-electron chi connectivity index (χ3n) is 5.47. The van der Waals surface area contributed by atoms with Crippen LogP contribution in [0.3, 0.4) is 0 Å². The van der Waals surface area contributed by atoms with E-state index in [1.165, 1.54) is 25.5 Å². The van der Waals surface area contributed by atoms with E-state index in [9.17, 15) is 4.79 Å². The fourth-order valence-corrected chi connectivity index (χ4v) is 4.17. The number of rotatable bonds is 5. The highest BCUT2D eigenvalue weighted by Crippen LogP contribution is 2.47. The first-order valence-corrected chi connectivity index (χ1v) is 8.74. The predicted octanol–water partition coefficient (Wildman–Crippen LogP) is 3.42. The average Bonchev–Trinajstić information content (AvgIpc) is 3.25. The summed E-state index contributed by atoms with van der Waals surface area (Å²) in [5, 5.41) is 0. The van der Waals surface area contributed by atoms with Gasteiger partial charge in [0.25, 0.3) is 0 Å². The van der Waals surface area contributed by atoms with Crippen molar-refractivity contribution in [2.24, 2.45) is 17.6 Å². The van der Waals surface area contributed by atoms with E-state index in [0.29, 0.717) is 11.5 Å². The summed E-state index contributed by atoms with van der Waals surface area (Å²) in [6.45, 7) is 0. The van der Waals surface area contributed by atoms with Crippen LogP contribution in [0.25, 0.3) is 11.1 Å². The van der Waals surface area contributed by atoms with E-state index < -0.39 is 5.91 Å². The van der Waals surface area contributed by atoms with Crippen LogP contribution in [-0.2, 0) is 0 Å². The Bertz CT molecular complexity index is 805. The Balaban J connectivity index is 1.64. The molecule has 2 aliphatic rings. The third kappa shape index (κ3) is 3.06. The number of amides is 1. The van der Waals surface area contributed by atoms with Gasteiger partial charge in [-0.2, -0.15) is 0 Å². The van der Waals surface area contributed by atoms with Gasteiger partial charge in [0.1, 0.15) is 6.10 Å². The Kier molecular flexibility index (Phi) is 4.07. The molecule has 2 N–H and O–H groups in total. The molecule has 130 valence electrons. The predicted molar refractivity (Wildman–Crippen MR) is 94.6 cm³/mol. The van der Waals surface area contributed by atoms with Gasteiger partial charge in [-0.25, -0.2) is 0 Å². The largest absolute Gasteiger partial charge is 0.493 e. The average molecular weight is 338 g/mol. The summed E-state index contributed by atoms with van der Waals surface area (Å²) >= 11 is 0. The Labute approximate surface area is 147 Å². The molecule has 1 heterocycles. The maximum Gasteiger partial charge on any atom is 0.250 e. The van der Waals surface area contributed by atoms with E-state index in [2.05, 4.69) is 4.98 Å². The molecule has 2 fully saturated rings.